The van der Waals surface area contributed by atoms with Gasteiger partial charge in [-0.3, -0.25) is 43.5 Å². The largest absolute Gasteiger partial charge is 0.508 e. The molecule has 1 saturated carbocycles. The molecule has 0 bridgehead atoms. The molecule has 3 aliphatic rings. The molecule has 9 rings (SSSR count). The van der Waals surface area contributed by atoms with Crippen LogP contribution in [0.3, 0.4) is 0 Å². The fraction of sp³-hybridized carbons (Fsp3) is 0.538. The van der Waals surface area contributed by atoms with E-state index in [1.165, 1.54) is 108 Å². The van der Waals surface area contributed by atoms with E-state index in [-0.39, 0.29) is 114 Å². The minimum absolute atomic E-state index is 0. The first-order valence-electron chi connectivity index (χ1n) is 33.5. The van der Waals surface area contributed by atoms with Gasteiger partial charge in [0.15, 0.2) is 23.0 Å². The molecule has 2 unspecified atom stereocenters. The Hall–Kier alpha value is -10.8. The van der Waals surface area contributed by atoms with E-state index < -0.39 is 5.63 Å². The van der Waals surface area contributed by atoms with Crippen LogP contribution in [0.15, 0.2) is 139 Å². The molecule has 122 heavy (non-hydrogen) atoms. The number of aldehydes is 1. The summed E-state index contributed by atoms with van der Waals surface area (Å²) in [5, 5.41) is 36.7. The van der Waals surface area contributed by atoms with E-state index in [4.69, 9.17) is 82.4 Å². The summed E-state index contributed by atoms with van der Waals surface area (Å²) in [5.74, 6) is 5.86. The van der Waals surface area contributed by atoms with Gasteiger partial charge in [-0.15, -0.1) is 0 Å². The first-order chi connectivity index (χ1) is 52.3. The molecule has 29 heteroatoms. The van der Waals surface area contributed by atoms with Crippen LogP contribution in [-0.4, -0.2) is 186 Å². The first kappa shape index (κ1) is 174. The van der Waals surface area contributed by atoms with Crippen LogP contribution in [0.25, 0.3) is 6.08 Å². The number of aliphatic hydroxyl groups excluding tert-OH is 4. The highest BCUT2D eigenvalue weighted by atomic mass is 16.5. The standard InChI is InChI=1S/C15H18O3.2C9H12O2.C9H14O.2C6H7N.C6H6O3.6C2H4O2.2C2H6.4CH4O.13CH4/c1-9-5-4-6-11-8-12-13(18-15(9,11)3)7-10(2)17-14(12)16;2*1-7-4-5-8(10-2)9(6-7)11-3;1-7-4-3-5-9(6-10)8(7)2;2*1-6-3-2-4-7-5-6;1-4-2-5(7)3-6(8)9-4;6*1-4-2-3;6*1-2;;;;;;;;;;;;;/h7-9H,4-6H2,1-3H3;2*4-6H,1-3H3;6-7H,3-5H2,1-2H3;2*2-5H,1H3;2-3,7H,1H3;6*2H,1H3;2*1-2H3;4*2H,1H3;13*1H4/t9?,15-;;;;;;;;;;;;;;;;;;;;;;;;;;;;;;;/m1.............................../s1. The number of hydrogen-bond donors (Lipinski definition) is 5. The third-order valence-corrected chi connectivity index (χ3v) is 13.0. The van der Waals surface area contributed by atoms with Gasteiger partial charge in [-0.05, 0) is 182 Å². The third kappa shape index (κ3) is 94.7. The number of nitrogens with zero attached hydrogens (tertiary/aromatic N) is 2. The summed E-state index contributed by atoms with van der Waals surface area (Å²) in [4.78, 5) is 94.2. The number of benzene rings is 2. The minimum Gasteiger partial charge on any atom is -0.508 e. The lowest BCUT2D eigenvalue weighted by atomic mass is 9.72. The van der Waals surface area contributed by atoms with Crippen LogP contribution in [0.5, 0.6) is 34.5 Å². The lowest BCUT2D eigenvalue weighted by Gasteiger charge is -2.44. The van der Waals surface area contributed by atoms with Crippen molar-refractivity contribution in [3.8, 4) is 34.5 Å². The minimum atomic E-state index is -0.521. The predicted octanol–water partition coefficient (Wildman–Crippen LogP) is 20.6. The number of pyridine rings is 2. The molecule has 5 heterocycles. The van der Waals surface area contributed by atoms with Gasteiger partial charge in [-0.25, -0.2) is 9.59 Å². The van der Waals surface area contributed by atoms with E-state index in [0.717, 1.165) is 82.2 Å². The summed E-state index contributed by atoms with van der Waals surface area (Å²) >= 11 is 0. The number of carbonyl (C=O) groups excluding carboxylic acids is 7. The number of methoxy groups -OCH3 is 10. The van der Waals surface area contributed by atoms with Crippen LogP contribution < -0.4 is 34.9 Å². The number of aromatic hydroxyl groups is 1. The van der Waals surface area contributed by atoms with Crippen molar-refractivity contribution in [1.29, 1.82) is 0 Å². The Bertz CT molecular complexity index is 3120. The molecule has 6 aromatic rings. The number of allylic oxidation sites excluding steroid dienone is 2. The smallest absolute Gasteiger partial charge is 0.346 e. The van der Waals surface area contributed by atoms with Gasteiger partial charge in [-0.1, -0.05) is 168 Å². The number of rotatable bonds is 11. The van der Waals surface area contributed by atoms with Crippen LogP contribution >= 0.6 is 0 Å². The van der Waals surface area contributed by atoms with Crippen LogP contribution in [0, 0.1) is 53.4 Å². The molecule has 0 radical (unpaired) electrons. The normalized spacial score (nSPS) is 11.3. The molecule has 724 valence electrons. The van der Waals surface area contributed by atoms with Crippen LogP contribution in [0.1, 0.15) is 230 Å². The Kier molecular flexibility index (Phi) is 183. The fourth-order valence-electron chi connectivity index (χ4n) is 7.88. The van der Waals surface area contributed by atoms with E-state index in [9.17, 15) is 14.4 Å². The molecular weight excluding hydrogens is 1580 g/mol. The zero-order valence-corrected chi connectivity index (χ0v) is 69.4. The highest BCUT2D eigenvalue weighted by Gasteiger charge is 2.43. The summed E-state index contributed by atoms with van der Waals surface area (Å²) in [6.07, 6.45) is 17.0. The van der Waals surface area contributed by atoms with Crippen LogP contribution in [0.4, 0.5) is 0 Å². The maximum atomic E-state index is 11.9. The van der Waals surface area contributed by atoms with Gasteiger partial charge in [-0.2, -0.15) is 0 Å². The number of carbonyl (C=O) groups is 7. The molecule has 2 aliphatic carbocycles. The predicted molar refractivity (Wildman–Crippen MR) is 511 cm³/mol. The molecule has 5 N–H and O–H groups in total. The van der Waals surface area contributed by atoms with Gasteiger partial charge >= 0.3 is 11.3 Å². The summed E-state index contributed by atoms with van der Waals surface area (Å²) in [5.41, 5.74) is 7.83. The molecule has 0 saturated heterocycles. The van der Waals surface area contributed by atoms with E-state index >= 15 is 0 Å². The maximum absolute atomic E-state index is 11.9. The maximum Gasteiger partial charge on any atom is 0.346 e. The van der Waals surface area contributed by atoms with Crippen LogP contribution in [-0.2, 0) is 62.0 Å². The quantitative estimate of drug-likeness (QED) is 0.0594. The average Bonchev–Trinajstić information content (AvgIpc) is 0.752. The second-order valence-electron chi connectivity index (χ2n) is 20.2. The van der Waals surface area contributed by atoms with E-state index in [1.807, 2.05) is 141 Å². The highest BCUT2D eigenvalue weighted by Crippen LogP contribution is 2.45. The summed E-state index contributed by atoms with van der Waals surface area (Å²) in [7, 11) is 18.4. The van der Waals surface area contributed by atoms with Gasteiger partial charge in [0.25, 0.3) is 38.8 Å². The van der Waals surface area contributed by atoms with Crippen molar-refractivity contribution in [3.63, 3.8) is 0 Å². The van der Waals surface area contributed by atoms with Crippen molar-refractivity contribution in [1.82, 2.24) is 9.97 Å². The SMILES string of the molecule is C.C.C.C.C.C.C.C.C.C.C.C.C.CC.CC.CC1=C(C=O)CCCC1C.CO.CO.CO.CO.COC=O.COC=O.COC=O.COC=O.COC=O.COC=O.COc1ccc(C)cc1OC.COc1ccc(C)cc1OC.Cc1cc(O)cc(=O)o1.Cc1cc2c(c(=O)o1)C=C1CCCC(C)[C@@]1(C)O2.Cc1cccnc1.Cc1cccnc1. The number of aromatic nitrogens is 2. The molecule has 29 nitrogen and oxygen atoms in total. The van der Waals surface area contributed by atoms with Crippen molar-refractivity contribution in [2.45, 2.75) is 238 Å². The van der Waals surface area contributed by atoms with Crippen molar-refractivity contribution in [2.75, 3.05) is 99.5 Å². The average molecular weight is 1760 g/mol. The summed E-state index contributed by atoms with van der Waals surface area (Å²) in [6.45, 7) is 30.3. The number of hydrogen-bond acceptors (Lipinski definition) is 29. The summed E-state index contributed by atoms with van der Waals surface area (Å²) < 4.78 is 59.3. The molecule has 0 amide bonds. The lowest BCUT2D eigenvalue weighted by Crippen LogP contribution is -2.46. The van der Waals surface area contributed by atoms with Gasteiger partial charge in [0.1, 0.15) is 40.5 Å². The van der Waals surface area contributed by atoms with Crippen molar-refractivity contribution < 1.29 is 120 Å². The van der Waals surface area contributed by atoms with Gasteiger partial charge in [0.05, 0.1) is 77.2 Å². The monoisotopic (exact) mass is 1760 g/mol. The Labute approximate surface area is 741 Å². The molecule has 1 aliphatic heterocycles. The van der Waals surface area contributed by atoms with Crippen molar-refractivity contribution in [3.05, 3.63) is 181 Å². The molecule has 3 atom stereocenters. The summed E-state index contributed by atoms with van der Waals surface area (Å²) in [6, 6.07) is 23.8. The first-order valence-corrected chi connectivity index (χ1v) is 33.5. The Morgan fingerprint density at radius 2 is 0.746 bits per heavy atom. The highest BCUT2D eigenvalue weighted by molar-refractivity contribution is 5.74. The zero-order chi connectivity index (χ0) is 86.6. The number of aliphatic hydroxyl groups is 4. The fourth-order valence-corrected chi connectivity index (χ4v) is 7.88. The molecule has 0 spiro atoms. The molecular formula is C93H180N2O27. The molecule has 1 fully saturated rings. The number of aryl methyl sites for hydroxylation is 6. The number of fused-ring (bicyclic) bond motifs is 2. The van der Waals surface area contributed by atoms with Gasteiger partial charge in [0, 0.05) is 65.4 Å². The number of ether oxygens (including phenoxy) is 11. The van der Waals surface area contributed by atoms with Gasteiger partial charge in [0.2, 0.25) is 0 Å². The molecule has 2 aromatic carbocycles. The van der Waals surface area contributed by atoms with Crippen molar-refractivity contribution >= 4 is 51.2 Å². The lowest BCUT2D eigenvalue weighted by molar-refractivity contribution is -0.126. The van der Waals surface area contributed by atoms with Crippen LogP contribution in [0.2, 0.25) is 0 Å². The second-order valence-corrected chi connectivity index (χ2v) is 20.2. The van der Waals surface area contributed by atoms with E-state index in [1.54, 1.807) is 54.7 Å². The zero-order valence-electron chi connectivity index (χ0n) is 69.4. The van der Waals surface area contributed by atoms with Gasteiger partial charge < -0.3 is 86.5 Å². The van der Waals surface area contributed by atoms with Crippen molar-refractivity contribution in [2.24, 2.45) is 11.8 Å². The van der Waals surface area contributed by atoms with E-state index in [0.29, 0.717) is 73.5 Å². The van der Waals surface area contributed by atoms with E-state index in [2.05, 4.69) is 70.5 Å². The Morgan fingerprint density at radius 3 is 1.00 bits per heavy atom. The Morgan fingerprint density at radius 1 is 0.426 bits per heavy atom. The second kappa shape index (κ2) is 128. The third-order valence-electron chi connectivity index (χ3n) is 13.0. The topological polar surface area (TPSA) is 408 Å². The Balaban J connectivity index is -0.0000000417. The molecule has 4 aromatic heterocycles.